The van der Waals surface area contributed by atoms with Crippen molar-refractivity contribution in [3.63, 3.8) is 0 Å². The van der Waals surface area contributed by atoms with E-state index in [9.17, 15) is 14.0 Å². The first-order valence-electron chi connectivity index (χ1n) is 10.7. The zero-order valence-electron chi connectivity index (χ0n) is 17.7. The van der Waals surface area contributed by atoms with E-state index in [0.29, 0.717) is 36.0 Å². The summed E-state index contributed by atoms with van der Waals surface area (Å²) in [4.78, 5) is 36.2. The fourth-order valence-electron chi connectivity index (χ4n) is 4.90. The number of hydrogen-bond acceptors (Lipinski definition) is 4. The zero-order chi connectivity index (χ0) is 21.7. The van der Waals surface area contributed by atoms with Crippen LogP contribution in [-0.4, -0.2) is 69.1 Å². The van der Waals surface area contributed by atoms with Crippen LogP contribution in [0.5, 0.6) is 0 Å². The quantitative estimate of drug-likeness (QED) is 0.761. The minimum Gasteiger partial charge on any atom is -0.336 e. The van der Waals surface area contributed by atoms with E-state index in [-0.39, 0.29) is 36.4 Å². The zero-order valence-corrected chi connectivity index (χ0v) is 17.7. The molecular weight excluding hydrogens is 399 g/mol. The Morgan fingerprint density at radius 1 is 1.16 bits per heavy atom. The number of amides is 3. The highest BCUT2D eigenvalue weighted by Crippen LogP contribution is 2.33. The molecule has 0 aliphatic carbocycles. The molecule has 162 valence electrons. The van der Waals surface area contributed by atoms with Gasteiger partial charge in [0.15, 0.2) is 5.82 Å². The molecule has 0 N–H and O–H groups in total. The van der Waals surface area contributed by atoms with Crippen molar-refractivity contribution in [2.45, 2.75) is 45.2 Å². The number of urea groups is 1. The van der Waals surface area contributed by atoms with E-state index < -0.39 is 0 Å². The van der Waals surface area contributed by atoms with Crippen molar-refractivity contribution in [2.75, 3.05) is 24.5 Å². The molecule has 1 fully saturated rings. The molecule has 0 bridgehead atoms. The first-order chi connectivity index (χ1) is 15.0. The number of carbonyl (C=O) groups is 2. The van der Waals surface area contributed by atoms with Gasteiger partial charge in [-0.15, -0.1) is 0 Å². The number of aromatic nitrogens is 2. The molecule has 0 spiro atoms. The van der Waals surface area contributed by atoms with Gasteiger partial charge in [0.1, 0.15) is 18.2 Å². The van der Waals surface area contributed by atoms with Crippen LogP contribution < -0.4 is 4.90 Å². The standard InChI is InChI=1S/C22H25FN6O2/c1-14-4-3-5-15(2)28(14)19(30)13-27-21-18(20-24-10-11-26(20)22(27)31)12-25-29(21)17-8-6-16(23)7-9-17/h6-9,12,14-15H,3-5,10-11,13H2,1-2H3/t14-,15-/m1/s1. The molecule has 3 amide bonds. The van der Waals surface area contributed by atoms with Crippen LogP contribution in [0, 0.1) is 5.82 Å². The van der Waals surface area contributed by atoms with Crippen molar-refractivity contribution in [1.82, 2.24) is 19.6 Å². The van der Waals surface area contributed by atoms with E-state index in [1.54, 1.807) is 27.9 Å². The SMILES string of the molecule is C[C@@H]1CCC[C@@H](C)N1C(=O)CN1C(=O)N2CCN=C2c2cnn(-c3ccc(F)cc3)c21. The fraction of sp³-hybridized carbons (Fsp3) is 0.455. The first kappa shape index (κ1) is 19.7. The maximum absolute atomic E-state index is 13.5. The van der Waals surface area contributed by atoms with E-state index in [0.717, 1.165) is 19.3 Å². The summed E-state index contributed by atoms with van der Waals surface area (Å²) in [5.74, 6) is 0.647. The Morgan fingerprint density at radius 2 is 1.87 bits per heavy atom. The van der Waals surface area contributed by atoms with Gasteiger partial charge in [0.2, 0.25) is 5.91 Å². The third kappa shape index (κ3) is 3.19. The van der Waals surface area contributed by atoms with Crippen LogP contribution >= 0.6 is 0 Å². The van der Waals surface area contributed by atoms with Crippen molar-refractivity contribution in [2.24, 2.45) is 4.99 Å². The summed E-state index contributed by atoms with van der Waals surface area (Å²) in [5, 5.41) is 4.46. The molecule has 5 rings (SSSR count). The first-order valence-corrected chi connectivity index (χ1v) is 10.7. The number of hydrogen-bond donors (Lipinski definition) is 0. The summed E-state index contributed by atoms with van der Waals surface area (Å²) < 4.78 is 15.0. The number of piperidine rings is 1. The molecule has 4 heterocycles. The second-order valence-corrected chi connectivity index (χ2v) is 8.43. The largest absolute Gasteiger partial charge is 0.336 e. The lowest BCUT2D eigenvalue weighted by molar-refractivity contribution is -0.135. The van der Waals surface area contributed by atoms with Crippen LogP contribution in [-0.2, 0) is 4.79 Å². The Kier molecular flexibility index (Phi) is 4.75. The topological polar surface area (TPSA) is 74.0 Å². The number of fused-ring (bicyclic) bond motifs is 3. The highest BCUT2D eigenvalue weighted by Gasteiger charge is 2.42. The van der Waals surface area contributed by atoms with Gasteiger partial charge in [0, 0.05) is 18.6 Å². The summed E-state index contributed by atoms with van der Waals surface area (Å²) in [7, 11) is 0. The van der Waals surface area contributed by atoms with Gasteiger partial charge in [0.05, 0.1) is 24.0 Å². The highest BCUT2D eigenvalue weighted by atomic mass is 19.1. The monoisotopic (exact) mass is 424 g/mol. The van der Waals surface area contributed by atoms with Crippen molar-refractivity contribution >= 4 is 23.6 Å². The van der Waals surface area contributed by atoms with E-state index in [2.05, 4.69) is 23.9 Å². The number of carbonyl (C=O) groups excluding carboxylic acids is 2. The number of likely N-dealkylation sites (tertiary alicyclic amines) is 1. The Balaban J connectivity index is 1.55. The molecule has 1 saturated heterocycles. The summed E-state index contributed by atoms with van der Waals surface area (Å²) >= 11 is 0. The van der Waals surface area contributed by atoms with E-state index in [4.69, 9.17) is 0 Å². The number of rotatable bonds is 3. The second-order valence-electron chi connectivity index (χ2n) is 8.43. The molecule has 2 atom stereocenters. The van der Waals surface area contributed by atoms with E-state index >= 15 is 0 Å². The lowest BCUT2D eigenvalue weighted by Gasteiger charge is -2.41. The van der Waals surface area contributed by atoms with Crippen LogP contribution in [0.2, 0.25) is 0 Å². The molecular formula is C22H25FN6O2. The lowest BCUT2D eigenvalue weighted by Crippen LogP contribution is -2.56. The third-order valence-corrected chi connectivity index (χ3v) is 6.39. The number of aliphatic imine (C=N–C) groups is 1. The normalized spacial score (nSPS) is 23.0. The smallest absolute Gasteiger partial charge is 0.331 e. The number of anilines is 1. The van der Waals surface area contributed by atoms with Crippen LogP contribution in [0.25, 0.3) is 5.69 Å². The number of halogens is 1. The number of benzene rings is 1. The minimum atomic E-state index is -0.354. The summed E-state index contributed by atoms with van der Waals surface area (Å²) in [5.41, 5.74) is 1.31. The van der Waals surface area contributed by atoms with Gasteiger partial charge >= 0.3 is 6.03 Å². The molecule has 0 radical (unpaired) electrons. The van der Waals surface area contributed by atoms with Gasteiger partial charge in [-0.25, -0.2) is 13.9 Å². The molecule has 1 aromatic carbocycles. The van der Waals surface area contributed by atoms with Crippen molar-refractivity contribution in [3.05, 3.63) is 41.8 Å². The van der Waals surface area contributed by atoms with Crippen molar-refractivity contribution in [1.29, 1.82) is 0 Å². The van der Waals surface area contributed by atoms with Crippen LogP contribution in [0.15, 0.2) is 35.5 Å². The number of nitrogens with zero attached hydrogens (tertiary/aromatic N) is 6. The van der Waals surface area contributed by atoms with Gasteiger partial charge in [-0.05, 0) is 57.4 Å². The Bertz CT molecular complexity index is 1050. The Labute approximate surface area is 179 Å². The maximum Gasteiger partial charge on any atom is 0.331 e. The van der Waals surface area contributed by atoms with E-state index in [1.807, 2.05) is 4.90 Å². The summed E-state index contributed by atoms with van der Waals surface area (Å²) in [6, 6.07) is 5.90. The molecule has 0 saturated carbocycles. The van der Waals surface area contributed by atoms with Crippen LogP contribution in [0.3, 0.4) is 0 Å². The third-order valence-electron chi connectivity index (χ3n) is 6.39. The van der Waals surface area contributed by atoms with E-state index in [1.165, 1.54) is 17.0 Å². The molecule has 0 unspecified atom stereocenters. The predicted octanol–water partition coefficient (Wildman–Crippen LogP) is 2.80. The van der Waals surface area contributed by atoms with Gasteiger partial charge in [-0.3, -0.25) is 19.6 Å². The van der Waals surface area contributed by atoms with Crippen LogP contribution in [0.4, 0.5) is 15.0 Å². The molecule has 9 heteroatoms. The van der Waals surface area contributed by atoms with Gasteiger partial charge < -0.3 is 4.90 Å². The molecule has 8 nitrogen and oxygen atoms in total. The molecule has 2 aromatic rings. The second kappa shape index (κ2) is 7.47. The average molecular weight is 424 g/mol. The van der Waals surface area contributed by atoms with Crippen LogP contribution in [0.1, 0.15) is 38.7 Å². The number of amidine groups is 1. The minimum absolute atomic E-state index is 0.0722. The Morgan fingerprint density at radius 3 is 2.58 bits per heavy atom. The molecule has 1 aromatic heterocycles. The lowest BCUT2D eigenvalue weighted by atomic mass is 9.97. The average Bonchev–Trinajstić information content (AvgIpc) is 3.39. The van der Waals surface area contributed by atoms with Gasteiger partial charge in [-0.1, -0.05) is 0 Å². The van der Waals surface area contributed by atoms with Gasteiger partial charge in [0.25, 0.3) is 0 Å². The van der Waals surface area contributed by atoms with Gasteiger partial charge in [-0.2, -0.15) is 5.10 Å². The Hall–Kier alpha value is -3.23. The highest BCUT2D eigenvalue weighted by molar-refractivity contribution is 6.20. The van der Waals surface area contributed by atoms with Crippen molar-refractivity contribution in [3.8, 4) is 5.69 Å². The maximum atomic E-state index is 13.5. The fourth-order valence-corrected chi connectivity index (χ4v) is 4.90. The molecule has 31 heavy (non-hydrogen) atoms. The summed E-state index contributed by atoms with van der Waals surface area (Å²) in [6.07, 6.45) is 4.69. The molecule has 3 aliphatic heterocycles. The summed E-state index contributed by atoms with van der Waals surface area (Å²) in [6.45, 7) is 5.05. The molecule has 3 aliphatic rings. The van der Waals surface area contributed by atoms with Crippen molar-refractivity contribution < 1.29 is 14.0 Å². The predicted molar refractivity (Wildman–Crippen MR) is 114 cm³/mol.